The molecule has 2 aromatic carbocycles. The first-order chi connectivity index (χ1) is 18.3. The first-order valence-electron chi connectivity index (χ1n) is 14.3. The van der Waals surface area contributed by atoms with Gasteiger partial charge in [0.05, 0.1) is 19.1 Å². The predicted octanol–water partition coefficient (Wildman–Crippen LogP) is 5.51. The van der Waals surface area contributed by atoms with Crippen LogP contribution in [0.5, 0.6) is 5.75 Å². The van der Waals surface area contributed by atoms with Crippen LogP contribution in [-0.4, -0.2) is 47.2 Å². The summed E-state index contributed by atoms with van der Waals surface area (Å²) in [5.41, 5.74) is 4.26. The van der Waals surface area contributed by atoms with E-state index in [9.17, 15) is 14.7 Å². The molecule has 4 aliphatic rings. The maximum absolute atomic E-state index is 13.5. The van der Waals surface area contributed by atoms with Crippen molar-refractivity contribution in [3.63, 3.8) is 0 Å². The number of carboxylic acid groups (broad SMARTS) is 1. The number of carbonyl (C=O) groups excluding carboxylic acids is 1. The maximum Gasteiger partial charge on any atom is 0.303 e. The highest BCUT2D eigenvalue weighted by Gasteiger charge is 2.54. The molecule has 3 heterocycles. The van der Waals surface area contributed by atoms with Crippen LogP contribution in [0, 0.1) is 11.3 Å². The third-order valence-electron chi connectivity index (χ3n) is 9.56. The van der Waals surface area contributed by atoms with Gasteiger partial charge in [0.1, 0.15) is 11.4 Å². The van der Waals surface area contributed by atoms with E-state index in [2.05, 4.69) is 29.2 Å². The molecular formula is C32H39NO5. The second-order valence-electron chi connectivity index (χ2n) is 12.3. The monoisotopic (exact) mass is 517 g/mol. The van der Waals surface area contributed by atoms with Gasteiger partial charge < -0.3 is 19.5 Å². The van der Waals surface area contributed by atoms with Crippen LogP contribution in [0.1, 0.15) is 80.2 Å². The van der Waals surface area contributed by atoms with Crippen molar-refractivity contribution in [3.05, 3.63) is 64.7 Å². The van der Waals surface area contributed by atoms with E-state index in [4.69, 9.17) is 9.47 Å². The smallest absolute Gasteiger partial charge is 0.303 e. The second kappa shape index (κ2) is 10.0. The molecule has 0 radical (unpaired) electrons. The van der Waals surface area contributed by atoms with Crippen molar-refractivity contribution in [1.82, 2.24) is 4.90 Å². The quantitative estimate of drug-likeness (QED) is 0.566. The first-order valence-corrected chi connectivity index (χ1v) is 14.3. The van der Waals surface area contributed by atoms with Crippen molar-refractivity contribution in [2.75, 3.05) is 19.7 Å². The Kier molecular flexibility index (Phi) is 6.71. The van der Waals surface area contributed by atoms with Gasteiger partial charge in [0.15, 0.2) is 0 Å². The van der Waals surface area contributed by atoms with E-state index in [0.717, 1.165) is 55.5 Å². The van der Waals surface area contributed by atoms with Crippen LogP contribution in [0.3, 0.4) is 0 Å². The van der Waals surface area contributed by atoms with Crippen LogP contribution in [0.4, 0.5) is 0 Å². The minimum atomic E-state index is -0.812. The van der Waals surface area contributed by atoms with Crippen molar-refractivity contribution in [1.29, 1.82) is 0 Å². The number of benzene rings is 2. The summed E-state index contributed by atoms with van der Waals surface area (Å²) in [6.07, 6.45) is 8.42. The van der Waals surface area contributed by atoms with E-state index >= 15 is 0 Å². The Labute approximate surface area is 225 Å². The van der Waals surface area contributed by atoms with Gasteiger partial charge in [-0.15, -0.1) is 0 Å². The van der Waals surface area contributed by atoms with Gasteiger partial charge in [0, 0.05) is 36.4 Å². The normalized spacial score (nSPS) is 30.1. The van der Waals surface area contributed by atoms with Gasteiger partial charge in [0.2, 0.25) is 5.91 Å². The maximum atomic E-state index is 13.5. The molecule has 3 aliphatic heterocycles. The highest BCUT2D eigenvalue weighted by Crippen LogP contribution is 2.56. The number of piperidine rings is 1. The summed E-state index contributed by atoms with van der Waals surface area (Å²) in [7, 11) is 0. The Morgan fingerprint density at radius 3 is 2.74 bits per heavy atom. The number of hydrogen-bond donors (Lipinski definition) is 1. The summed E-state index contributed by atoms with van der Waals surface area (Å²) < 4.78 is 13.2. The Balaban J connectivity index is 1.20. The lowest BCUT2D eigenvalue weighted by Gasteiger charge is -2.55. The number of fused-ring (bicyclic) bond motifs is 4. The van der Waals surface area contributed by atoms with Gasteiger partial charge in [-0.05, 0) is 81.0 Å². The van der Waals surface area contributed by atoms with E-state index in [-0.39, 0.29) is 29.8 Å². The van der Waals surface area contributed by atoms with Crippen LogP contribution in [0.25, 0.3) is 0 Å². The van der Waals surface area contributed by atoms with Crippen LogP contribution in [-0.2, 0) is 33.6 Å². The standard InChI is InChI=1S/C32H39NO5/c1-31(15-13-29(35)36)26-19-32(21-37-30(26)25-9-4-5-10-27(25)38-31)14-6-16-33(20-32)28(34)18-22-11-12-23-7-2-3-8-24(23)17-22/h4-5,9-12,17,26,30H,2-3,6-8,13-16,18-21H2,1H3,(H,35,36)/t26-,30+,31-,32-/m1/s1. The zero-order valence-electron chi connectivity index (χ0n) is 22.4. The minimum absolute atomic E-state index is 0.0289. The third kappa shape index (κ3) is 4.84. The molecule has 0 saturated carbocycles. The molecule has 0 aromatic heterocycles. The molecule has 6 rings (SSSR count). The molecule has 1 aliphatic carbocycles. The number of aryl methyl sites for hydroxylation is 2. The summed E-state index contributed by atoms with van der Waals surface area (Å²) in [5, 5.41) is 9.44. The first kappa shape index (κ1) is 25.4. The summed E-state index contributed by atoms with van der Waals surface area (Å²) in [5.74, 6) is 0.207. The number of carboxylic acids is 1. The molecule has 1 N–H and O–H groups in total. The van der Waals surface area contributed by atoms with E-state index < -0.39 is 11.6 Å². The Morgan fingerprint density at radius 1 is 1.08 bits per heavy atom. The number of para-hydroxylation sites is 1. The van der Waals surface area contributed by atoms with Gasteiger partial charge in [-0.25, -0.2) is 0 Å². The number of amides is 1. The Hall–Kier alpha value is -2.86. The van der Waals surface area contributed by atoms with Crippen molar-refractivity contribution >= 4 is 11.9 Å². The molecule has 2 fully saturated rings. The van der Waals surface area contributed by atoms with Crippen molar-refractivity contribution in [2.45, 2.75) is 82.8 Å². The SMILES string of the molecule is C[C@]1(CCC(=O)O)Oc2ccccc2[C@@H]2OC[C@]3(CCCN(C(=O)Cc4ccc5c(c4)CCCC5)C3)C[C@H]21. The molecular weight excluding hydrogens is 478 g/mol. The molecule has 38 heavy (non-hydrogen) atoms. The van der Waals surface area contributed by atoms with E-state index in [1.807, 2.05) is 25.1 Å². The summed E-state index contributed by atoms with van der Waals surface area (Å²) in [4.78, 5) is 27.1. The number of carbonyl (C=O) groups is 2. The van der Waals surface area contributed by atoms with E-state index in [1.165, 1.54) is 24.0 Å². The van der Waals surface area contributed by atoms with Gasteiger partial charge in [-0.3, -0.25) is 9.59 Å². The van der Waals surface area contributed by atoms with Crippen LogP contribution in [0.15, 0.2) is 42.5 Å². The van der Waals surface area contributed by atoms with Crippen LogP contribution < -0.4 is 4.74 Å². The zero-order valence-corrected chi connectivity index (χ0v) is 22.4. The Morgan fingerprint density at radius 2 is 1.89 bits per heavy atom. The van der Waals surface area contributed by atoms with Gasteiger partial charge in [-0.1, -0.05) is 36.4 Å². The van der Waals surface area contributed by atoms with Crippen molar-refractivity contribution < 1.29 is 24.2 Å². The fourth-order valence-corrected chi connectivity index (χ4v) is 7.47. The average molecular weight is 518 g/mol. The largest absolute Gasteiger partial charge is 0.487 e. The summed E-state index contributed by atoms with van der Waals surface area (Å²) in [6, 6.07) is 14.6. The molecule has 1 amide bonds. The molecule has 2 saturated heterocycles. The fourth-order valence-electron chi connectivity index (χ4n) is 7.47. The van der Waals surface area contributed by atoms with Gasteiger partial charge in [-0.2, -0.15) is 0 Å². The topological polar surface area (TPSA) is 76.1 Å². The molecule has 1 spiro atoms. The number of rotatable bonds is 5. The molecule has 4 atom stereocenters. The van der Waals surface area contributed by atoms with Crippen molar-refractivity contribution in [3.8, 4) is 5.75 Å². The number of ether oxygens (including phenoxy) is 2. The number of aliphatic carboxylic acids is 1. The third-order valence-corrected chi connectivity index (χ3v) is 9.56. The molecule has 0 unspecified atom stereocenters. The molecule has 6 nitrogen and oxygen atoms in total. The number of likely N-dealkylation sites (tertiary alicyclic amines) is 1. The molecule has 2 aromatic rings. The zero-order chi connectivity index (χ0) is 26.3. The number of nitrogens with zero attached hydrogens (tertiary/aromatic N) is 1. The lowest BCUT2D eigenvalue weighted by Crippen LogP contribution is -2.57. The Bertz CT molecular complexity index is 1230. The highest BCUT2D eigenvalue weighted by molar-refractivity contribution is 5.79. The molecule has 6 heteroatoms. The van der Waals surface area contributed by atoms with Crippen LogP contribution in [0.2, 0.25) is 0 Å². The average Bonchev–Trinajstić information content (AvgIpc) is 2.92. The second-order valence-corrected chi connectivity index (χ2v) is 12.3. The minimum Gasteiger partial charge on any atom is -0.487 e. The lowest BCUT2D eigenvalue weighted by molar-refractivity contribution is -0.185. The lowest BCUT2D eigenvalue weighted by atomic mass is 9.64. The molecule has 202 valence electrons. The van der Waals surface area contributed by atoms with E-state index in [0.29, 0.717) is 26.0 Å². The summed E-state index contributed by atoms with van der Waals surface area (Å²) in [6.45, 7) is 4.14. The van der Waals surface area contributed by atoms with Crippen molar-refractivity contribution in [2.24, 2.45) is 11.3 Å². The molecule has 0 bridgehead atoms. The van der Waals surface area contributed by atoms with Gasteiger partial charge >= 0.3 is 5.97 Å². The predicted molar refractivity (Wildman–Crippen MR) is 144 cm³/mol. The van der Waals surface area contributed by atoms with E-state index in [1.54, 1.807) is 0 Å². The highest BCUT2D eigenvalue weighted by atomic mass is 16.5. The van der Waals surface area contributed by atoms with Gasteiger partial charge in [0.25, 0.3) is 0 Å². The summed E-state index contributed by atoms with van der Waals surface area (Å²) >= 11 is 0. The fraction of sp³-hybridized carbons (Fsp3) is 0.562. The van der Waals surface area contributed by atoms with Crippen LogP contribution >= 0.6 is 0 Å². The number of hydrogen-bond acceptors (Lipinski definition) is 4.